The number of ether oxygens (including phenoxy) is 1. The van der Waals surface area contributed by atoms with E-state index in [4.69, 9.17) is 4.74 Å². The Morgan fingerprint density at radius 1 is 0.880 bits per heavy atom. The molecule has 0 N–H and O–H groups in total. The summed E-state index contributed by atoms with van der Waals surface area (Å²) >= 11 is 0. The van der Waals surface area contributed by atoms with Crippen LogP contribution in [0.3, 0.4) is 0 Å². The lowest BCUT2D eigenvalue weighted by atomic mass is 10.0. The van der Waals surface area contributed by atoms with Crippen molar-refractivity contribution in [2.24, 2.45) is 0 Å². The van der Waals surface area contributed by atoms with Crippen molar-refractivity contribution in [1.82, 2.24) is 0 Å². The van der Waals surface area contributed by atoms with Gasteiger partial charge in [-0.25, -0.2) is 0 Å². The molecule has 3 nitrogen and oxygen atoms in total. The Kier molecular flexibility index (Phi) is 6.43. The minimum Gasteiger partial charge on any atom is -0.633 e. The Bertz CT molecular complexity index is 794. The zero-order valence-corrected chi connectivity index (χ0v) is 15.4. The summed E-state index contributed by atoms with van der Waals surface area (Å²) in [5.74, 6) is 0.871. The van der Waals surface area contributed by atoms with Crippen molar-refractivity contribution in [2.75, 3.05) is 20.7 Å². The molecule has 25 heavy (non-hydrogen) atoms. The normalized spacial score (nSPS) is 12.4. The number of hydrogen-bond donors (Lipinski definition) is 0. The highest BCUT2D eigenvalue weighted by Crippen LogP contribution is 2.29. The topological polar surface area (TPSA) is 32.3 Å². The van der Waals surface area contributed by atoms with Crippen LogP contribution in [0.25, 0.3) is 10.8 Å². The summed E-state index contributed by atoms with van der Waals surface area (Å²) in [7, 11) is 3.38. The molecule has 0 spiro atoms. The maximum atomic E-state index is 12.5. The van der Waals surface area contributed by atoms with E-state index in [0.717, 1.165) is 22.1 Å². The molecule has 0 unspecified atom stereocenters. The first-order chi connectivity index (χ1) is 11.6. The molecule has 3 aromatic rings. The van der Waals surface area contributed by atoms with Crippen molar-refractivity contribution in [3.63, 3.8) is 0 Å². The first-order valence-corrected chi connectivity index (χ1v) is 8.26. The molecule has 0 saturated carbocycles. The fourth-order valence-electron chi connectivity index (χ4n) is 3.11. The van der Waals surface area contributed by atoms with Crippen LogP contribution in [0.1, 0.15) is 18.0 Å². The van der Waals surface area contributed by atoms with Crippen molar-refractivity contribution in [3.05, 3.63) is 83.6 Å². The highest BCUT2D eigenvalue weighted by Gasteiger charge is 2.22. The average molecular weight is 358 g/mol. The molecule has 0 heterocycles. The minimum absolute atomic E-state index is 0. The number of quaternary nitrogens is 1. The maximum absolute atomic E-state index is 12.5. The highest BCUT2D eigenvalue weighted by molar-refractivity contribution is 5.88. The van der Waals surface area contributed by atoms with Gasteiger partial charge in [-0.05, 0) is 11.5 Å². The van der Waals surface area contributed by atoms with Crippen LogP contribution in [0.15, 0.2) is 72.8 Å². The van der Waals surface area contributed by atoms with Gasteiger partial charge in [-0.1, -0.05) is 66.7 Å². The number of hydroxylamine groups is 3. The van der Waals surface area contributed by atoms with E-state index in [0.29, 0.717) is 13.0 Å². The molecule has 0 radical (unpaired) electrons. The van der Waals surface area contributed by atoms with Crippen LogP contribution in [-0.4, -0.2) is 25.3 Å². The van der Waals surface area contributed by atoms with Crippen molar-refractivity contribution >= 4 is 23.2 Å². The molecule has 1 atom stereocenters. The van der Waals surface area contributed by atoms with Crippen molar-refractivity contribution in [3.8, 4) is 5.75 Å². The van der Waals surface area contributed by atoms with E-state index >= 15 is 0 Å². The highest BCUT2D eigenvalue weighted by atomic mass is 35.5. The van der Waals surface area contributed by atoms with Crippen LogP contribution in [0.5, 0.6) is 5.75 Å². The SMILES string of the molecule is C[N+](C)([O-])[C@@H](CCOc1cccc2ccccc12)c1ccccc1.Cl. The quantitative estimate of drug-likeness (QED) is 0.440. The Morgan fingerprint density at radius 2 is 1.52 bits per heavy atom. The number of hydrogen-bond acceptors (Lipinski definition) is 2. The summed E-state index contributed by atoms with van der Waals surface area (Å²) in [6.07, 6.45) is 0.670. The van der Waals surface area contributed by atoms with Crippen LogP contribution in [-0.2, 0) is 0 Å². The molecular weight excluding hydrogens is 334 g/mol. The predicted octanol–water partition coefficient (Wildman–Crippen LogP) is 5.35. The molecule has 0 aliphatic heterocycles. The van der Waals surface area contributed by atoms with Gasteiger partial charge in [0.05, 0.1) is 20.7 Å². The fourth-order valence-corrected chi connectivity index (χ4v) is 3.11. The van der Waals surface area contributed by atoms with Gasteiger partial charge in [0.15, 0.2) is 0 Å². The number of halogens is 1. The molecule has 0 saturated heterocycles. The van der Waals surface area contributed by atoms with Gasteiger partial charge in [-0.3, -0.25) is 0 Å². The molecule has 0 aliphatic rings. The smallest absolute Gasteiger partial charge is 0.127 e. The first kappa shape index (κ1) is 19.3. The van der Waals surface area contributed by atoms with Gasteiger partial charge in [0.2, 0.25) is 0 Å². The molecule has 132 valence electrons. The van der Waals surface area contributed by atoms with Crippen molar-refractivity contribution < 1.29 is 9.38 Å². The number of rotatable bonds is 6. The van der Waals surface area contributed by atoms with Gasteiger partial charge in [0.25, 0.3) is 0 Å². The zero-order chi connectivity index (χ0) is 17.0. The Morgan fingerprint density at radius 3 is 2.24 bits per heavy atom. The molecule has 0 fully saturated rings. The average Bonchev–Trinajstić information content (AvgIpc) is 2.58. The molecule has 0 aliphatic carbocycles. The molecule has 3 rings (SSSR count). The summed E-state index contributed by atoms with van der Waals surface area (Å²) < 4.78 is 5.66. The molecule has 0 bridgehead atoms. The Hall–Kier alpha value is -2.07. The van der Waals surface area contributed by atoms with Crippen LogP contribution < -0.4 is 4.74 Å². The third-order valence-corrected chi connectivity index (χ3v) is 4.33. The Balaban J connectivity index is 0.00000225. The lowest BCUT2D eigenvalue weighted by Crippen LogP contribution is -2.37. The molecule has 0 amide bonds. The van der Waals surface area contributed by atoms with Gasteiger partial charge in [0.1, 0.15) is 11.8 Å². The second-order valence-electron chi connectivity index (χ2n) is 6.48. The zero-order valence-electron chi connectivity index (χ0n) is 14.6. The summed E-state index contributed by atoms with van der Waals surface area (Å²) in [5, 5.41) is 14.8. The van der Waals surface area contributed by atoms with Gasteiger partial charge < -0.3 is 14.6 Å². The second kappa shape index (κ2) is 8.34. The third-order valence-electron chi connectivity index (χ3n) is 4.33. The van der Waals surface area contributed by atoms with Crippen LogP contribution >= 0.6 is 12.4 Å². The van der Waals surface area contributed by atoms with E-state index < -0.39 is 0 Å². The standard InChI is InChI=1S/C21H23NO2.ClH/c1-22(2,23)20(18-10-4-3-5-11-18)15-16-24-21-14-8-12-17-9-6-7-13-19(17)21;/h3-14,20H,15-16H2,1-2H3;1H/t20-;/m0./s1. The molecular formula is C21H24ClNO2. The summed E-state index contributed by atoms with van der Waals surface area (Å²) in [6.45, 7) is 0.511. The van der Waals surface area contributed by atoms with Crippen LogP contribution in [0.4, 0.5) is 0 Å². The summed E-state index contributed by atoms with van der Waals surface area (Å²) in [5.41, 5.74) is 1.05. The Labute approximate surface area is 155 Å². The van der Waals surface area contributed by atoms with E-state index in [-0.39, 0.29) is 23.1 Å². The lowest BCUT2D eigenvalue weighted by molar-refractivity contribution is -0.873. The molecule has 3 aromatic carbocycles. The van der Waals surface area contributed by atoms with Gasteiger partial charge in [0, 0.05) is 17.4 Å². The number of nitrogens with zero attached hydrogens (tertiary/aromatic N) is 1. The van der Waals surface area contributed by atoms with Crippen molar-refractivity contribution in [2.45, 2.75) is 12.5 Å². The van der Waals surface area contributed by atoms with E-state index in [1.807, 2.05) is 54.6 Å². The summed E-state index contributed by atoms with van der Waals surface area (Å²) in [4.78, 5) is 0. The van der Waals surface area contributed by atoms with Gasteiger partial charge >= 0.3 is 0 Å². The van der Waals surface area contributed by atoms with Crippen LogP contribution in [0.2, 0.25) is 0 Å². The second-order valence-corrected chi connectivity index (χ2v) is 6.48. The molecule has 4 heteroatoms. The number of benzene rings is 3. The minimum atomic E-state index is -0.358. The predicted molar refractivity (Wildman–Crippen MR) is 106 cm³/mol. The van der Waals surface area contributed by atoms with Crippen molar-refractivity contribution in [1.29, 1.82) is 0 Å². The van der Waals surface area contributed by atoms with Crippen LogP contribution in [0, 0.1) is 5.21 Å². The van der Waals surface area contributed by atoms with E-state index in [1.54, 1.807) is 14.1 Å². The van der Waals surface area contributed by atoms with Gasteiger partial charge in [-0.15, -0.1) is 12.4 Å². The fraction of sp³-hybridized carbons (Fsp3) is 0.238. The third kappa shape index (κ3) is 4.73. The number of fused-ring (bicyclic) bond motifs is 1. The van der Waals surface area contributed by atoms with E-state index in [1.165, 1.54) is 0 Å². The van der Waals surface area contributed by atoms with Gasteiger partial charge in [-0.2, -0.15) is 0 Å². The largest absolute Gasteiger partial charge is 0.633 e. The maximum Gasteiger partial charge on any atom is 0.127 e. The monoisotopic (exact) mass is 357 g/mol. The summed E-state index contributed by atoms with van der Waals surface area (Å²) in [6, 6.07) is 24.0. The first-order valence-electron chi connectivity index (χ1n) is 8.26. The van der Waals surface area contributed by atoms with E-state index in [9.17, 15) is 5.21 Å². The molecule has 0 aromatic heterocycles. The lowest BCUT2D eigenvalue weighted by Gasteiger charge is -2.42. The van der Waals surface area contributed by atoms with E-state index in [2.05, 4.69) is 18.2 Å².